The first kappa shape index (κ1) is 13.8. The fourth-order valence-electron chi connectivity index (χ4n) is 1.44. The number of hydrogen-bond donors (Lipinski definition) is 1. The van der Waals surface area contributed by atoms with Gasteiger partial charge in [-0.2, -0.15) is 0 Å². The van der Waals surface area contributed by atoms with Crippen LogP contribution < -0.4 is 4.74 Å². The van der Waals surface area contributed by atoms with Gasteiger partial charge < -0.3 is 9.84 Å². The lowest BCUT2D eigenvalue weighted by Crippen LogP contribution is -2.30. The van der Waals surface area contributed by atoms with E-state index in [4.69, 9.17) is 21.4 Å². The van der Waals surface area contributed by atoms with E-state index in [1.54, 1.807) is 26.0 Å². The Balaban J connectivity index is 2.87. The normalized spacial score (nSPS) is 11.4. The smallest absolute Gasteiger partial charge is 0.312 e. The second-order valence-electron chi connectivity index (χ2n) is 4.85. The Morgan fingerprint density at radius 3 is 2.24 bits per heavy atom. The van der Waals surface area contributed by atoms with Crippen LogP contribution in [0.1, 0.15) is 25.0 Å². The zero-order valence-corrected chi connectivity index (χ0v) is 11.3. The number of ether oxygens (including phenoxy) is 1. The molecule has 0 aromatic heterocycles. The molecular weight excluding hydrogens is 240 g/mol. The van der Waals surface area contributed by atoms with E-state index < -0.39 is 11.4 Å². The summed E-state index contributed by atoms with van der Waals surface area (Å²) in [5, 5.41) is 9.66. The molecule has 4 heteroatoms. The van der Waals surface area contributed by atoms with Gasteiger partial charge in [0.05, 0.1) is 5.41 Å². The number of aryl methyl sites for hydroxylation is 2. The summed E-state index contributed by atoms with van der Waals surface area (Å²) >= 11 is 5.91. The van der Waals surface area contributed by atoms with Crippen LogP contribution in [0.25, 0.3) is 0 Å². The van der Waals surface area contributed by atoms with Crippen LogP contribution in [0.2, 0.25) is 5.02 Å². The topological polar surface area (TPSA) is 46.5 Å². The summed E-state index contributed by atoms with van der Waals surface area (Å²) in [4.78, 5) is 11.0. The maximum atomic E-state index is 11.0. The van der Waals surface area contributed by atoms with Crippen molar-refractivity contribution in [2.24, 2.45) is 5.41 Å². The minimum atomic E-state index is -0.904. The van der Waals surface area contributed by atoms with Gasteiger partial charge >= 0.3 is 5.97 Å². The Morgan fingerprint density at radius 2 is 1.82 bits per heavy atom. The summed E-state index contributed by atoms with van der Waals surface area (Å²) in [5.41, 5.74) is 0.922. The monoisotopic (exact) mass is 256 g/mol. The number of rotatable bonds is 4. The molecule has 0 fully saturated rings. The molecule has 94 valence electrons. The Hall–Kier alpha value is -1.22. The third-order valence-electron chi connectivity index (χ3n) is 2.58. The molecule has 1 aromatic rings. The molecule has 0 amide bonds. The number of aliphatic carboxylic acids is 1. The molecule has 0 atom stereocenters. The molecule has 0 aliphatic rings. The summed E-state index contributed by atoms with van der Waals surface area (Å²) < 4.78 is 5.61. The van der Waals surface area contributed by atoms with Crippen molar-refractivity contribution in [3.8, 4) is 5.75 Å². The summed E-state index contributed by atoms with van der Waals surface area (Å²) in [6, 6.07) is 3.61. The Kier molecular flexibility index (Phi) is 4.04. The van der Waals surface area contributed by atoms with Gasteiger partial charge in [-0.1, -0.05) is 11.6 Å². The highest BCUT2D eigenvalue weighted by atomic mass is 35.5. The zero-order valence-electron chi connectivity index (χ0n) is 10.5. The number of carbonyl (C=O) groups is 1. The lowest BCUT2D eigenvalue weighted by molar-refractivity contribution is -0.148. The van der Waals surface area contributed by atoms with E-state index in [1.165, 1.54) is 0 Å². The van der Waals surface area contributed by atoms with Gasteiger partial charge in [-0.05, 0) is 51.0 Å². The summed E-state index contributed by atoms with van der Waals surface area (Å²) in [6.07, 6.45) is 0. The minimum Gasteiger partial charge on any atom is -0.492 e. The fraction of sp³-hybridized carbons (Fsp3) is 0.462. The average molecular weight is 257 g/mol. The minimum absolute atomic E-state index is 0.131. The van der Waals surface area contributed by atoms with Crippen LogP contribution in [-0.2, 0) is 4.79 Å². The van der Waals surface area contributed by atoms with Crippen molar-refractivity contribution in [1.29, 1.82) is 0 Å². The highest BCUT2D eigenvalue weighted by Crippen LogP contribution is 2.28. The van der Waals surface area contributed by atoms with Crippen molar-refractivity contribution in [3.05, 3.63) is 28.3 Å². The largest absolute Gasteiger partial charge is 0.492 e. The van der Waals surface area contributed by atoms with Crippen LogP contribution in [0.15, 0.2) is 12.1 Å². The molecular formula is C13H17ClO3. The molecule has 0 aliphatic heterocycles. The number of halogens is 1. The quantitative estimate of drug-likeness (QED) is 0.898. The van der Waals surface area contributed by atoms with E-state index in [0.717, 1.165) is 11.1 Å². The van der Waals surface area contributed by atoms with Gasteiger partial charge in [-0.15, -0.1) is 0 Å². The summed E-state index contributed by atoms with van der Waals surface area (Å²) in [6.45, 7) is 7.18. The van der Waals surface area contributed by atoms with Crippen LogP contribution >= 0.6 is 11.6 Å². The highest BCUT2D eigenvalue weighted by Gasteiger charge is 2.28. The number of hydrogen-bond acceptors (Lipinski definition) is 2. The van der Waals surface area contributed by atoms with E-state index in [2.05, 4.69) is 0 Å². The summed E-state index contributed by atoms with van der Waals surface area (Å²) in [7, 11) is 0. The van der Waals surface area contributed by atoms with Crippen molar-refractivity contribution >= 4 is 17.6 Å². The van der Waals surface area contributed by atoms with Gasteiger partial charge in [0.2, 0.25) is 0 Å². The SMILES string of the molecule is Cc1cc(Cl)cc(C)c1OCC(C)(C)C(=O)O. The van der Waals surface area contributed by atoms with Gasteiger partial charge in [-0.3, -0.25) is 4.79 Å². The Labute approximate surface area is 106 Å². The predicted octanol–water partition coefficient (Wildman–Crippen LogP) is 3.45. The Bertz CT molecular complexity index is 415. The first-order valence-electron chi connectivity index (χ1n) is 5.37. The molecule has 0 saturated carbocycles. The standard InChI is InChI=1S/C13H17ClO3/c1-8-5-10(14)6-9(2)11(8)17-7-13(3,4)12(15)16/h5-6H,7H2,1-4H3,(H,15,16). The molecule has 1 aromatic carbocycles. The van der Waals surface area contributed by atoms with Crippen LogP contribution in [0.5, 0.6) is 5.75 Å². The molecule has 0 radical (unpaired) electrons. The summed E-state index contributed by atoms with van der Waals surface area (Å²) in [5.74, 6) is -0.162. The molecule has 17 heavy (non-hydrogen) atoms. The molecule has 0 saturated heterocycles. The second kappa shape index (κ2) is 4.96. The first-order valence-corrected chi connectivity index (χ1v) is 5.75. The number of benzene rings is 1. The third kappa shape index (κ3) is 3.37. The van der Waals surface area contributed by atoms with Crippen LogP contribution in [0.4, 0.5) is 0 Å². The van der Waals surface area contributed by atoms with Gasteiger partial charge in [-0.25, -0.2) is 0 Å². The van der Waals surface area contributed by atoms with Crippen LogP contribution in [0, 0.1) is 19.3 Å². The van der Waals surface area contributed by atoms with Gasteiger partial charge in [0, 0.05) is 5.02 Å². The predicted molar refractivity (Wildman–Crippen MR) is 67.8 cm³/mol. The molecule has 1 N–H and O–H groups in total. The van der Waals surface area contributed by atoms with E-state index >= 15 is 0 Å². The van der Waals surface area contributed by atoms with E-state index in [-0.39, 0.29) is 6.61 Å². The van der Waals surface area contributed by atoms with Crippen molar-refractivity contribution in [1.82, 2.24) is 0 Å². The van der Waals surface area contributed by atoms with Gasteiger partial charge in [0.1, 0.15) is 12.4 Å². The molecule has 0 unspecified atom stereocenters. The van der Waals surface area contributed by atoms with E-state index in [9.17, 15) is 4.79 Å². The van der Waals surface area contributed by atoms with Crippen molar-refractivity contribution in [2.45, 2.75) is 27.7 Å². The molecule has 0 bridgehead atoms. The van der Waals surface area contributed by atoms with Crippen molar-refractivity contribution in [2.75, 3.05) is 6.61 Å². The van der Waals surface area contributed by atoms with Gasteiger partial charge in [0.15, 0.2) is 0 Å². The molecule has 1 rings (SSSR count). The maximum absolute atomic E-state index is 11.0. The Morgan fingerprint density at radius 1 is 1.35 bits per heavy atom. The highest BCUT2D eigenvalue weighted by molar-refractivity contribution is 6.30. The van der Waals surface area contributed by atoms with Crippen LogP contribution in [-0.4, -0.2) is 17.7 Å². The van der Waals surface area contributed by atoms with E-state index in [1.807, 2.05) is 13.8 Å². The van der Waals surface area contributed by atoms with Crippen molar-refractivity contribution < 1.29 is 14.6 Å². The molecule has 0 aliphatic carbocycles. The molecule has 0 heterocycles. The third-order valence-corrected chi connectivity index (χ3v) is 2.80. The molecule has 0 spiro atoms. The van der Waals surface area contributed by atoms with E-state index in [0.29, 0.717) is 10.8 Å². The number of carboxylic acids is 1. The zero-order chi connectivity index (χ0) is 13.2. The first-order chi connectivity index (χ1) is 7.74. The average Bonchev–Trinajstić information content (AvgIpc) is 2.15. The lowest BCUT2D eigenvalue weighted by Gasteiger charge is -2.21. The fourth-order valence-corrected chi connectivity index (χ4v) is 1.77. The molecule has 3 nitrogen and oxygen atoms in total. The lowest BCUT2D eigenvalue weighted by atomic mass is 9.95. The van der Waals surface area contributed by atoms with Crippen LogP contribution in [0.3, 0.4) is 0 Å². The van der Waals surface area contributed by atoms with Crippen molar-refractivity contribution in [3.63, 3.8) is 0 Å². The second-order valence-corrected chi connectivity index (χ2v) is 5.28. The van der Waals surface area contributed by atoms with Gasteiger partial charge in [0.25, 0.3) is 0 Å². The number of carboxylic acid groups (broad SMARTS) is 1. The maximum Gasteiger partial charge on any atom is 0.312 e.